The van der Waals surface area contributed by atoms with Crippen molar-refractivity contribution >= 4 is 5.97 Å². The number of aliphatic carboxylic acids is 1. The number of aromatic hydroxyl groups is 1. The molecule has 11 nitrogen and oxygen atoms in total. The van der Waals surface area contributed by atoms with Crippen molar-refractivity contribution in [1.82, 2.24) is 0 Å². The number of unbranched alkanes of at least 4 members (excludes halogenated alkanes) is 7. The molecule has 1 aromatic carbocycles. The van der Waals surface area contributed by atoms with E-state index < -0.39 is 36.7 Å². The zero-order valence-corrected chi connectivity index (χ0v) is 21.2. The minimum Gasteiger partial charge on any atom is -0.504 e. The molecule has 2 rings (SSSR count). The number of carbonyl (C=O) groups is 1. The second-order valence-electron chi connectivity index (χ2n) is 9.00. The third-order valence-electron chi connectivity index (χ3n) is 6.50. The maximum atomic E-state index is 11.4. The molecule has 36 heavy (non-hydrogen) atoms. The molecule has 11 heteroatoms. The highest BCUT2D eigenvalue weighted by Crippen LogP contribution is 2.50. The molecule has 0 bridgehead atoms. The first kappa shape index (κ1) is 29.9. The predicted molar refractivity (Wildman–Crippen MR) is 129 cm³/mol. The third-order valence-corrected chi connectivity index (χ3v) is 6.50. The van der Waals surface area contributed by atoms with E-state index in [1.165, 1.54) is 14.2 Å². The summed E-state index contributed by atoms with van der Waals surface area (Å²) in [5.74, 6) is -1.54. The molecule has 1 aliphatic heterocycles. The SMILES string of the molecule is COc1c(O)c(CCCCCCCCCCO)c(C)c(O[C@@H]2O[C@H](C(=O)O)[C@@H](O)[C@H](O)[C@H]2O)c1OC. The summed E-state index contributed by atoms with van der Waals surface area (Å²) in [6, 6.07) is 0. The Morgan fingerprint density at radius 1 is 0.833 bits per heavy atom. The number of aliphatic hydroxyl groups excluding tert-OH is 4. The van der Waals surface area contributed by atoms with Crippen LogP contribution >= 0.6 is 0 Å². The Hall–Kier alpha value is -2.31. The van der Waals surface area contributed by atoms with Crippen LogP contribution < -0.4 is 14.2 Å². The lowest BCUT2D eigenvalue weighted by Crippen LogP contribution is -2.61. The monoisotopic (exact) mass is 516 g/mol. The molecule has 0 aromatic heterocycles. The third kappa shape index (κ3) is 7.13. The fourth-order valence-electron chi connectivity index (χ4n) is 4.39. The highest BCUT2D eigenvalue weighted by atomic mass is 16.7. The normalized spacial score (nSPS) is 23.9. The number of carboxylic acids is 1. The van der Waals surface area contributed by atoms with Gasteiger partial charge in [0.1, 0.15) is 18.3 Å². The van der Waals surface area contributed by atoms with Crippen LogP contribution in [-0.2, 0) is 16.0 Å². The van der Waals surface area contributed by atoms with Crippen LogP contribution in [0.4, 0.5) is 0 Å². The van der Waals surface area contributed by atoms with Crippen molar-refractivity contribution in [2.45, 2.75) is 95.4 Å². The first-order valence-electron chi connectivity index (χ1n) is 12.4. The molecule has 0 saturated carbocycles. The lowest BCUT2D eigenvalue weighted by Gasteiger charge is -2.39. The fraction of sp³-hybridized carbons (Fsp3) is 0.720. The maximum Gasteiger partial charge on any atom is 0.335 e. The van der Waals surface area contributed by atoms with Crippen LogP contribution in [0.3, 0.4) is 0 Å². The molecule has 206 valence electrons. The van der Waals surface area contributed by atoms with Crippen LogP contribution in [0.15, 0.2) is 0 Å². The Morgan fingerprint density at radius 2 is 1.39 bits per heavy atom. The van der Waals surface area contributed by atoms with Crippen LogP contribution in [0.2, 0.25) is 0 Å². The lowest BCUT2D eigenvalue weighted by molar-refractivity contribution is -0.271. The molecule has 1 fully saturated rings. The second-order valence-corrected chi connectivity index (χ2v) is 9.00. The molecular formula is C25H40O11. The average Bonchev–Trinajstić information content (AvgIpc) is 2.85. The summed E-state index contributed by atoms with van der Waals surface area (Å²) in [7, 11) is 2.68. The zero-order valence-electron chi connectivity index (χ0n) is 21.2. The van der Waals surface area contributed by atoms with Gasteiger partial charge in [0.15, 0.2) is 17.6 Å². The van der Waals surface area contributed by atoms with Crippen LogP contribution in [-0.4, -0.2) is 88.1 Å². The van der Waals surface area contributed by atoms with E-state index in [1.807, 2.05) is 0 Å². The van der Waals surface area contributed by atoms with Gasteiger partial charge in [-0.1, -0.05) is 38.5 Å². The van der Waals surface area contributed by atoms with Gasteiger partial charge in [0.05, 0.1) is 14.2 Å². The number of carboxylic acid groups (broad SMARTS) is 1. The van der Waals surface area contributed by atoms with E-state index in [0.29, 0.717) is 17.5 Å². The molecule has 0 spiro atoms. The number of benzene rings is 1. The van der Waals surface area contributed by atoms with E-state index in [1.54, 1.807) is 6.92 Å². The van der Waals surface area contributed by atoms with Gasteiger partial charge >= 0.3 is 5.97 Å². The molecule has 1 saturated heterocycles. The van der Waals surface area contributed by atoms with Gasteiger partial charge in [-0.25, -0.2) is 4.79 Å². The Kier molecular flexibility index (Phi) is 12.0. The molecule has 0 radical (unpaired) electrons. The van der Waals surface area contributed by atoms with Crippen LogP contribution in [0.25, 0.3) is 0 Å². The van der Waals surface area contributed by atoms with Gasteiger partial charge in [-0.15, -0.1) is 0 Å². The van der Waals surface area contributed by atoms with Crippen molar-refractivity contribution in [3.63, 3.8) is 0 Å². The molecule has 1 aliphatic rings. The quantitative estimate of drug-likeness (QED) is 0.187. The Morgan fingerprint density at radius 3 is 1.92 bits per heavy atom. The lowest BCUT2D eigenvalue weighted by atomic mass is 9.97. The van der Waals surface area contributed by atoms with E-state index in [9.17, 15) is 30.3 Å². The summed E-state index contributed by atoms with van der Waals surface area (Å²) in [5, 5.41) is 59.4. The molecule has 0 amide bonds. The molecule has 1 aromatic rings. The van der Waals surface area contributed by atoms with Crippen LogP contribution in [0.1, 0.15) is 62.5 Å². The summed E-state index contributed by atoms with van der Waals surface area (Å²) < 4.78 is 21.8. The largest absolute Gasteiger partial charge is 0.504 e. The van der Waals surface area contributed by atoms with Gasteiger partial charge in [-0.3, -0.25) is 0 Å². The molecule has 1 heterocycles. The van der Waals surface area contributed by atoms with E-state index in [2.05, 4.69) is 0 Å². The van der Waals surface area contributed by atoms with E-state index in [-0.39, 0.29) is 29.6 Å². The standard InChI is InChI=1S/C25H40O11/c1-14-15(12-10-8-6-4-5-7-9-11-13-26)16(27)21(33-2)23(34-3)20(14)35-25-19(30)17(28)18(29)22(36-25)24(31)32/h17-19,22,25-30H,4-13H2,1-3H3,(H,31,32)/t17-,18-,19+,22-,25+/m0/s1. The number of aliphatic hydroxyl groups is 4. The smallest absolute Gasteiger partial charge is 0.335 e. The van der Waals surface area contributed by atoms with Crippen LogP contribution in [0.5, 0.6) is 23.0 Å². The van der Waals surface area contributed by atoms with Crippen molar-refractivity contribution in [2.24, 2.45) is 0 Å². The van der Waals surface area contributed by atoms with Gasteiger partial charge < -0.3 is 49.6 Å². The summed E-state index contributed by atoms with van der Waals surface area (Å²) in [6.07, 6.45) is -0.437. The predicted octanol–water partition coefficient (Wildman–Crippen LogP) is 1.64. The van der Waals surface area contributed by atoms with E-state index in [0.717, 1.165) is 51.4 Å². The highest BCUT2D eigenvalue weighted by Gasteiger charge is 2.48. The molecule has 6 N–H and O–H groups in total. The molecule has 0 aliphatic carbocycles. The minimum absolute atomic E-state index is 0.0117. The number of ether oxygens (including phenoxy) is 4. The molecular weight excluding hydrogens is 476 g/mol. The van der Waals surface area contributed by atoms with Crippen molar-refractivity contribution in [3.05, 3.63) is 11.1 Å². The zero-order chi connectivity index (χ0) is 26.8. The number of methoxy groups -OCH3 is 2. The summed E-state index contributed by atoms with van der Waals surface area (Å²) in [4.78, 5) is 11.4. The first-order chi connectivity index (χ1) is 17.2. The molecule has 5 atom stereocenters. The topological polar surface area (TPSA) is 175 Å². The number of phenols is 1. The maximum absolute atomic E-state index is 11.4. The summed E-state index contributed by atoms with van der Waals surface area (Å²) in [6.45, 7) is 1.91. The first-order valence-corrected chi connectivity index (χ1v) is 12.4. The second kappa shape index (κ2) is 14.4. The van der Waals surface area contributed by atoms with Gasteiger partial charge in [0, 0.05) is 17.7 Å². The van der Waals surface area contributed by atoms with Gasteiger partial charge in [0.25, 0.3) is 0 Å². The summed E-state index contributed by atoms with van der Waals surface area (Å²) >= 11 is 0. The van der Waals surface area contributed by atoms with Crippen molar-refractivity contribution in [1.29, 1.82) is 0 Å². The Labute approximate surface area is 211 Å². The number of hydrogen-bond donors (Lipinski definition) is 6. The van der Waals surface area contributed by atoms with Gasteiger partial charge in [-0.2, -0.15) is 0 Å². The van der Waals surface area contributed by atoms with Crippen molar-refractivity contribution < 1.29 is 54.4 Å². The van der Waals surface area contributed by atoms with Crippen molar-refractivity contribution in [2.75, 3.05) is 20.8 Å². The van der Waals surface area contributed by atoms with Gasteiger partial charge in [0.2, 0.25) is 17.8 Å². The van der Waals surface area contributed by atoms with Crippen molar-refractivity contribution in [3.8, 4) is 23.0 Å². The average molecular weight is 517 g/mol. The van der Waals surface area contributed by atoms with Crippen LogP contribution in [0, 0.1) is 6.92 Å². The molecule has 0 unspecified atom stereocenters. The number of rotatable bonds is 15. The fourth-order valence-corrected chi connectivity index (χ4v) is 4.39. The summed E-state index contributed by atoms with van der Waals surface area (Å²) in [5.41, 5.74) is 1.03. The highest BCUT2D eigenvalue weighted by molar-refractivity contribution is 5.73. The minimum atomic E-state index is -1.85. The Balaban J connectivity index is 2.19. The number of phenolic OH excluding ortho intramolecular Hbond substituents is 1. The Bertz CT molecular complexity index is 844. The van der Waals surface area contributed by atoms with Gasteiger partial charge in [-0.05, 0) is 26.2 Å². The number of hydrogen-bond acceptors (Lipinski definition) is 10. The van der Waals surface area contributed by atoms with E-state index >= 15 is 0 Å². The van der Waals surface area contributed by atoms with E-state index in [4.69, 9.17) is 24.1 Å².